The Hall–Kier alpha value is -1.27. The van der Waals surface area contributed by atoms with Crippen LogP contribution in [-0.2, 0) is 0 Å². The lowest BCUT2D eigenvalue weighted by Gasteiger charge is -2.37. The van der Waals surface area contributed by atoms with Gasteiger partial charge >= 0.3 is 0 Å². The largest absolute Gasteiger partial charge is 0.409 e. The third-order valence-corrected chi connectivity index (χ3v) is 3.49. The van der Waals surface area contributed by atoms with Crippen molar-refractivity contribution in [1.82, 2.24) is 0 Å². The van der Waals surface area contributed by atoms with Crippen LogP contribution in [0.1, 0.15) is 19.4 Å². The zero-order valence-electron chi connectivity index (χ0n) is 10.7. The molecule has 0 heterocycles. The summed E-state index contributed by atoms with van der Waals surface area (Å²) in [4.78, 5) is 1.90. The first kappa shape index (κ1) is 14.8. The van der Waals surface area contributed by atoms with Gasteiger partial charge in [-0.3, -0.25) is 0 Å². The topological polar surface area (TPSA) is 82.1 Å². The zero-order chi connectivity index (χ0) is 13.9. The fourth-order valence-corrected chi connectivity index (χ4v) is 1.85. The van der Waals surface area contributed by atoms with Crippen LogP contribution in [0.25, 0.3) is 0 Å². The third-order valence-electron chi connectivity index (χ3n) is 3.00. The molecule has 0 aliphatic carbocycles. The van der Waals surface area contributed by atoms with E-state index in [1.165, 1.54) is 0 Å². The average Bonchev–Trinajstić information content (AvgIpc) is 2.36. The fraction of sp³-hybridized carbons (Fsp3) is 0.417. The van der Waals surface area contributed by atoms with Crippen molar-refractivity contribution in [3.63, 3.8) is 0 Å². The molecule has 1 aromatic rings. The molecule has 100 valence electrons. The van der Waals surface area contributed by atoms with Crippen LogP contribution < -0.4 is 10.6 Å². The van der Waals surface area contributed by atoms with Gasteiger partial charge in [0.15, 0.2) is 5.84 Å². The second kappa shape index (κ2) is 5.58. The Bertz CT molecular complexity index is 461. The highest BCUT2D eigenvalue weighted by Crippen LogP contribution is 2.28. The Morgan fingerprint density at radius 1 is 1.50 bits per heavy atom. The van der Waals surface area contributed by atoms with E-state index in [0.717, 1.165) is 10.2 Å². The maximum absolute atomic E-state index is 9.41. The van der Waals surface area contributed by atoms with Crippen molar-refractivity contribution in [3.05, 3.63) is 28.2 Å². The van der Waals surface area contributed by atoms with Crippen molar-refractivity contribution in [2.45, 2.75) is 19.4 Å². The van der Waals surface area contributed by atoms with E-state index in [-0.39, 0.29) is 12.4 Å². The summed E-state index contributed by atoms with van der Waals surface area (Å²) < 4.78 is 0.836. The van der Waals surface area contributed by atoms with Gasteiger partial charge in [0.1, 0.15) is 0 Å². The molecule has 1 aromatic carbocycles. The van der Waals surface area contributed by atoms with E-state index >= 15 is 0 Å². The van der Waals surface area contributed by atoms with Crippen LogP contribution in [0, 0.1) is 0 Å². The monoisotopic (exact) mass is 315 g/mol. The fourth-order valence-electron chi connectivity index (χ4n) is 1.49. The minimum absolute atomic E-state index is 0.00479. The number of nitrogens with two attached hydrogens (primary N) is 1. The molecule has 0 bridgehead atoms. The molecule has 0 saturated heterocycles. The number of anilines is 1. The van der Waals surface area contributed by atoms with Gasteiger partial charge in [-0.15, -0.1) is 0 Å². The molecule has 0 unspecified atom stereocenters. The first-order valence-electron chi connectivity index (χ1n) is 5.45. The molecule has 0 saturated carbocycles. The van der Waals surface area contributed by atoms with Gasteiger partial charge in [-0.05, 0) is 32.0 Å². The average molecular weight is 316 g/mol. The second-order valence-corrected chi connectivity index (χ2v) is 5.59. The lowest BCUT2D eigenvalue weighted by molar-refractivity contribution is 0.216. The van der Waals surface area contributed by atoms with Gasteiger partial charge in [-0.25, -0.2) is 0 Å². The van der Waals surface area contributed by atoms with Gasteiger partial charge in [0.05, 0.1) is 12.1 Å². The summed E-state index contributed by atoms with van der Waals surface area (Å²) in [6, 6.07) is 5.50. The summed E-state index contributed by atoms with van der Waals surface area (Å²) in [6.45, 7) is 3.81. The molecule has 18 heavy (non-hydrogen) atoms. The smallest absolute Gasteiger partial charge is 0.172 e. The van der Waals surface area contributed by atoms with Crippen LogP contribution in [0.15, 0.2) is 27.8 Å². The highest BCUT2D eigenvalue weighted by atomic mass is 79.9. The molecule has 0 radical (unpaired) electrons. The van der Waals surface area contributed by atoms with Crippen LogP contribution in [0.5, 0.6) is 0 Å². The maximum Gasteiger partial charge on any atom is 0.172 e. The number of aliphatic hydroxyl groups excluding tert-OH is 1. The highest BCUT2D eigenvalue weighted by molar-refractivity contribution is 9.10. The quantitative estimate of drug-likeness (QED) is 0.342. The number of aliphatic hydroxyl groups is 1. The molecule has 0 amide bonds. The Morgan fingerprint density at radius 2 is 2.11 bits per heavy atom. The highest BCUT2D eigenvalue weighted by Gasteiger charge is 2.25. The van der Waals surface area contributed by atoms with Crippen molar-refractivity contribution in [1.29, 1.82) is 0 Å². The summed E-state index contributed by atoms with van der Waals surface area (Å²) in [5, 5.41) is 21.3. The Labute approximate surface area is 115 Å². The van der Waals surface area contributed by atoms with Gasteiger partial charge in [0.2, 0.25) is 0 Å². The molecular weight excluding hydrogens is 298 g/mol. The normalized spacial score (nSPS) is 12.6. The third kappa shape index (κ3) is 2.94. The number of halogens is 1. The number of benzene rings is 1. The number of amidine groups is 1. The maximum atomic E-state index is 9.41. The molecule has 0 spiro atoms. The Morgan fingerprint density at radius 3 is 2.61 bits per heavy atom. The summed E-state index contributed by atoms with van der Waals surface area (Å²) in [7, 11) is 1.85. The van der Waals surface area contributed by atoms with E-state index in [4.69, 9.17) is 10.9 Å². The van der Waals surface area contributed by atoms with Gasteiger partial charge in [-0.1, -0.05) is 21.1 Å². The van der Waals surface area contributed by atoms with Gasteiger partial charge in [-0.2, -0.15) is 0 Å². The van der Waals surface area contributed by atoms with Crippen molar-refractivity contribution < 1.29 is 10.3 Å². The lowest BCUT2D eigenvalue weighted by atomic mass is 10.0. The zero-order valence-corrected chi connectivity index (χ0v) is 12.3. The Kier molecular flexibility index (Phi) is 4.59. The summed E-state index contributed by atoms with van der Waals surface area (Å²) >= 11 is 3.35. The predicted octanol–water partition coefficient (Wildman–Crippen LogP) is 1.75. The number of rotatable bonds is 4. The van der Waals surface area contributed by atoms with Gasteiger partial charge < -0.3 is 20.9 Å². The van der Waals surface area contributed by atoms with Crippen LogP contribution in [0.4, 0.5) is 5.69 Å². The first-order chi connectivity index (χ1) is 8.33. The minimum atomic E-state index is -0.446. The molecule has 0 aliphatic rings. The lowest BCUT2D eigenvalue weighted by Crippen LogP contribution is -2.45. The summed E-state index contributed by atoms with van der Waals surface area (Å²) in [5.74, 6) is 0.0342. The Balaban J connectivity index is 3.32. The van der Waals surface area contributed by atoms with E-state index in [9.17, 15) is 5.11 Å². The standard InChI is InChI=1S/C12H18BrN3O2/c1-12(2,7-17)16(3)10-5-4-8(13)6-9(10)11(14)15-18/h4-6,17-18H,7H2,1-3H3,(H2,14,15). The number of nitrogens with zero attached hydrogens (tertiary/aromatic N) is 2. The van der Waals surface area contributed by atoms with Crippen molar-refractivity contribution in [3.8, 4) is 0 Å². The molecule has 6 heteroatoms. The molecule has 1 rings (SSSR count). The van der Waals surface area contributed by atoms with E-state index in [1.807, 2.05) is 37.9 Å². The summed E-state index contributed by atoms with van der Waals surface area (Å²) in [5.41, 5.74) is 6.62. The van der Waals surface area contributed by atoms with Crippen LogP contribution in [-0.4, -0.2) is 35.3 Å². The van der Waals surface area contributed by atoms with Crippen LogP contribution in [0.2, 0.25) is 0 Å². The van der Waals surface area contributed by atoms with E-state index in [1.54, 1.807) is 6.07 Å². The predicted molar refractivity (Wildman–Crippen MR) is 76.2 cm³/mol. The molecule has 4 N–H and O–H groups in total. The van der Waals surface area contributed by atoms with Gasteiger partial charge in [0.25, 0.3) is 0 Å². The SMILES string of the molecule is CN(c1ccc(Br)cc1/C(N)=N/O)C(C)(C)CO. The molecule has 0 aliphatic heterocycles. The number of hydrogen-bond acceptors (Lipinski definition) is 4. The van der Waals surface area contributed by atoms with Crippen molar-refractivity contribution in [2.75, 3.05) is 18.6 Å². The molecule has 0 fully saturated rings. The van der Waals surface area contributed by atoms with Crippen LogP contribution in [0.3, 0.4) is 0 Å². The number of oxime groups is 1. The minimum Gasteiger partial charge on any atom is -0.409 e. The van der Waals surface area contributed by atoms with E-state index in [2.05, 4.69) is 21.1 Å². The van der Waals surface area contributed by atoms with E-state index < -0.39 is 5.54 Å². The molecule has 5 nitrogen and oxygen atoms in total. The van der Waals surface area contributed by atoms with Crippen LogP contribution >= 0.6 is 15.9 Å². The second-order valence-electron chi connectivity index (χ2n) is 4.68. The number of hydrogen-bond donors (Lipinski definition) is 3. The van der Waals surface area contributed by atoms with Crippen molar-refractivity contribution in [2.24, 2.45) is 10.9 Å². The van der Waals surface area contributed by atoms with Crippen molar-refractivity contribution >= 4 is 27.5 Å². The number of likely N-dealkylation sites (N-methyl/N-ethyl adjacent to an activating group) is 1. The molecule has 0 aromatic heterocycles. The van der Waals surface area contributed by atoms with E-state index in [0.29, 0.717) is 5.56 Å². The van der Waals surface area contributed by atoms with Gasteiger partial charge in [0, 0.05) is 22.8 Å². The summed E-state index contributed by atoms with van der Waals surface area (Å²) in [6.07, 6.45) is 0. The first-order valence-corrected chi connectivity index (χ1v) is 6.25. The molecule has 0 atom stereocenters. The molecular formula is C12H18BrN3O2.